The molecule has 0 bridgehead atoms. The SMILES string of the molecule is CNC1(c2ccccn2)CCCCCC1. The molecule has 2 nitrogen and oxygen atoms in total. The first-order valence-corrected chi connectivity index (χ1v) is 5.98. The lowest BCUT2D eigenvalue weighted by Crippen LogP contribution is -2.40. The molecule has 1 aromatic rings. The molecule has 2 heteroatoms. The van der Waals surface area contributed by atoms with Crippen molar-refractivity contribution in [3.05, 3.63) is 30.1 Å². The summed E-state index contributed by atoms with van der Waals surface area (Å²) in [6, 6.07) is 6.23. The second-order valence-electron chi connectivity index (χ2n) is 4.46. The first-order chi connectivity index (χ1) is 7.37. The largest absolute Gasteiger partial charge is 0.309 e. The zero-order valence-corrected chi connectivity index (χ0v) is 9.50. The highest BCUT2D eigenvalue weighted by Gasteiger charge is 2.31. The first-order valence-electron chi connectivity index (χ1n) is 5.98. The van der Waals surface area contributed by atoms with E-state index >= 15 is 0 Å². The van der Waals surface area contributed by atoms with E-state index in [0.717, 1.165) is 0 Å². The molecule has 0 aromatic carbocycles. The summed E-state index contributed by atoms with van der Waals surface area (Å²) in [5.41, 5.74) is 1.35. The third-order valence-electron chi connectivity index (χ3n) is 3.59. The van der Waals surface area contributed by atoms with Crippen molar-refractivity contribution < 1.29 is 0 Å². The van der Waals surface area contributed by atoms with Gasteiger partial charge in [0.1, 0.15) is 0 Å². The van der Waals surface area contributed by atoms with Gasteiger partial charge in [-0.05, 0) is 32.0 Å². The smallest absolute Gasteiger partial charge is 0.0606 e. The van der Waals surface area contributed by atoms with Crippen molar-refractivity contribution in [1.82, 2.24) is 10.3 Å². The van der Waals surface area contributed by atoms with E-state index in [9.17, 15) is 0 Å². The third-order valence-corrected chi connectivity index (χ3v) is 3.59. The van der Waals surface area contributed by atoms with Gasteiger partial charge in [0.2, 0.25) is 0 Å². The average Bonchev–Trinajstić information content (AvgIpc) is 2.56. The van der Waals surface area contributed by atoms with Crippen LogP contribution in [-0.2, 0) is 5.54 Å². The topological polar surface area (TPSA) is 24.9 Å². The van der Waals surface area contributed by atoms with Gasteiger partial charge in [-0.3, -0.25) is 4.98 Å². The molecule has 1 heterocycles. The monoisotopic (exact) mass is 204 g/mol. The fourth-order valence-corrected chi connectivity index (χ4v) is 2.61. The minimum atomic E-state index is 0.137. The molecule has 0 radical (unpaired) electrons. The normalized spacial score (nSPS) is 20.9. The van der Waals surface area contributed by atoms with Gasteiger partial charge in [-0.15, -0.1) is 0 Å². The zero-order valence-electron chi connectivity index (χ0n) is 9.50. The Balaban J connectivity index is 2.27. The van der Waals surface area contributed by atoms with E-state index in [0.29, 0.717) is 0 Å². The van der Waals surface area contributed by atoms with Crippen LogP contribution in [0.5, 0.6) is 0 Å². The van der Waals surface area contributed by atoms with Crippen molar-refractivity contribution >= 4 is 0 Å². The van der Waals surface area contributed by atoms with Crippen LogP contribution in [0.15, 0.2) is 24.4 Å². The predicted octanol–water partition coefficient (Wildman–Crippen LogP) is 2.85. The van der Waals surface area contributed by atoms with Crippen molar-refractivity contribution in [2.75, 3.05) is 7.05 Å². The van der Waals surface area contributed by atoms with Crippen LogP contribution < -0.4 is 5.32 Å². The number of rotatable bonds is 2. The molecular weight excluding hydrogens is 184 g/mol. The van der Waals surface area contributed by atoms with Crippen molar-refractivity contribution in [3.8, 4) is 0 Å². The van der Waals surface area contributed by atoms with E-state index in [1.807, 2.05) is 12.3 Å². The molecule has 0 spiro atoms. The maximum Gasteiger partial charge on any atom is 0.0606 e. The Morgan fingerprint density at radius 2 is 1.87 bits per heavy atom. The second-order valence-corrected chi connectivity index (χ2v) is 4.46. The van der Waals surface area contributed by atoms with Crippen LogP contribution in [0.3, 0.4) is 0 Å². The fraction of sp³-hybridized carbons (Fsp3) is 0.615. The van der Waals surface area contributed by atoms with Gasteiger partial charge in [-0.1, -0.05) is 31.7 Å². The van der Waals surface area contributed by atoms with Gasteiger partial charge in [-0.2, -0.15) is 0 Å². The summed E-state index contributed by atoms with van der Waals surface area (Å²) in [7, 11) is 2.07. The highest BCUT2D eigenvalue weighted by molar-refractivity contribution is 5.16. The van der Waals surface area contributed by atoms with E-state index in [4.69, 9.17) is 0 Å². The highest BCUT2D eigenvalue weighted by atomic mass is 15.0. The molecule has 0 aliphatic heterocycles. The molecule has 0 amide bonds. The summed E-state index contributed by atoms with van der Waals surface area (Å²) < 4.78 is 0. The fourth-order valence-electron chi connectivity index (χ4n) is 2.61. The van der Waals surface area contributed by atoms with Crippen LogP contribution in [0.4, 0.5) is 0 Å². The number of hydrogen-bond acceptors (Lipinski definition) is 2. The molecule has 0 saturated heterocycles. The highest BCUT2D eigenvalue weighted by Crippen LogP contribution is 2.34. The van der Waals surface area contributed by atoms with Crippen molar-refractivity contribution in [2.24, 2.45) is 0 Å². The molecule has 2 rings (SSSR count). The molecule has 0 atom stereocenters. The average molecular weight is 204 g/mol. The lowest BCUT2D eigenvalue weighted by molar-refractivity contribution is 0.305. The number of hydrogen-bond donors (Lipinski definition) is 1. The van der Waals surface area contributed by atoms with Gasteiger partial charge in [0.15, 0.2) is 0 Å². The van der Waals surface area contributed by atoms with E-state index in [2.05, 4.69) is 29.5 Å². The van der Waals surface area contributed by atoms with Gasteiger partial charge in [0.05, 0.1) is 11.2 Å². The molecule has 1 N–H and O–H groups in total. The van der Waals surface area contributed by atoms with Gasteiger partial charge in [-0.25, -0.2) is 0 Å². The van der Waals surface area contributed by atoms with Crippen LogP contribution in [0, 0.1) is 0 Å². The Labute approximate surface area is 92.1 Å². The van der Waals surface area contributed by atoms with Crippen LogP contribution in [0.25, 0.3) is 0 Å². The van der Waals surface area contributed by atoms with Crippen LogP contribution in [0.2, 0.25) is 0 Å². The summed E-state index contributed by atoms with van der Waals surface area (Å²) in [5, 5.41) is 3.51. The summed E-state index contributed by atoms with van der Waals surface area (Å²) >= 11 is 0. The lowest BCUT2D eigenvalue weighted by atomic mass is 9.86. The van der Waals surface area contributed by atoms with Gasteiger partial charge in [0, 0.05) is 6.20 Å². The molecule has 82 valence electrons. The Hall–Kier alpha value is -0.890. The zero-order chi connectivity index (χ0) is 10.6. The predicted molar refractivity (Wildman–Crippen MR) is 62.7 cm³/mol. The Morgan fingerprint density at radius 3 is 2.40 bits per heavy atom. The molecule has 0 unspecified atom stereocenters. The van der Waals surface area contributed by atoms with Crippen molar-refractivity contribution in [3.63, 3.8) is 0 Å². The van der Waals surface area contributed by atoms with Crippen LogP contribution in [-0.4, -0.2) is 12.0 Å². The quantitative estimate of drug-likeness (QED) is 0.749. The molecule has 1 aliphatic carbocycles. The summed E-state index contributed by atoms with van der Waals surface area (Å²) in [4.78, 5) is 4.52. The van der Waals surface area contributed by atoms with E-state index in [1.165, 1.54) is 44.2 Å². The maximum atomic E-state index is 4.52. The Kier molecular flexibility index (Phi) is 3.37. The minimum absolute atomic E-state index is 0.137. The summed E-state index contributed by atoms with van der Waals surface area (Å²) in [6.45, 7) is 0. The second kappa shape index (κ2) is 4.75. The molecule has 15 heavy (non-hydrogen) atoms. The summed E-state index contributed by atoms with van der Waals surface area (Å²) in [5.74, 6) is 0. The number of nitrogens with zero attached hydrogens (tertiary/aromatic N) is 1. The third kappa shape index (κ3) is 2.20. The van der Waals surface area contributed by atoms with Gasteiger partial charge in [0.25, 0.3) is 0 Å². The number of aromatic nitrogens is 1. The van der Waals surface area contributed by atoms with Crippen LogP contribution in [0.1, 0.15) is 44.2 Å². The molecule has 1 saturated carbocycles. The standard InChI is InChI=1S/C13H20N2/c1-14-13(9-5-2-3-6-10-13)12-8-4-7-11-15-12/h4,7-8,11,14H,2-3,5-6,9-10H2,1H3. The first kappa shape index (κ1) is 10.6. The van der Waals surface area contributed by atoms with E-state index < -0.39 is 0 Å². The van der Waals surface area contributed by atoms with E-state index in [1.54, 1.807) is 0 Å². The maximum absolute atomic E-state index is 4.52. The van der Waals surface area contributed by atoms with Gasteiger partial charge >= 0.3 is 0 Å². The van der Waals surface area contributed by atoms with Crippen LogP contribution >= 0.6 is 0 Å². The minimum Gasteiger partial charge on any atom is -0.309 e. The molecule has 1 fully saturated rings. The molecule has 1 aromatic heterocycles. The van der Waals surface area contributed by atoms with Gasteiger partial charge < -0.3 is 5.32 Å². The molecular formula is C13H20N2. The Bertz CT molecular complexity index is 287. The van der Waals surface area contributed by atoms with Crippen molar-refractivity contribution in [1.29, 1.82) is 0 Å². The number of pyridine rings is 1. The Morgan fingerprint density at radius 1 is 1.13 bits per heavy atom. The molecule has 1 aliphatic rings. The summed E-state index contributed by atoms with van der Waals surface area (Å²) in [6.07, 6.45) is 9.72. The van der Waals surface area contributed by atoms with E-state index in [-0.39, 0.29) is 5.54 Å². The lowest BCUT2D eigenvalue weighted by Gasteiger charge is -2.32. The number of nitrogens with one attached hydrogen (secondary N) is 1. The van der Waals surface area contributed by atoms with Crippen molar-refractivity contribution in [2.45, 2.75) is 44.1 Å².